The van der Waals surface area contributed by atoms with Gasteiger partial charge in [-0.25, -0.2) is 0 Å². The Bertz CT molecular complexity index is 1290. The summed E-state index contributed by atoms with van der Waals surface area (Å²) in [5.74, 6) is 0.936. The van der Waals surface area contributed by atoms with E-state index in [0.717, 1.165) is 5.75 Å². The van der Waals surface area contributed by atoms with E-state index in [0.29, 0.717) is 6.61 Å². The van der Waals surface area contributed by atoms with E-state index in [1.165, 1.54) is 51.9 Å². The minimum Gasteiger partial charge on any atom is -0.494 e. The molecule has 4 aromatic rings. The van der Waals surface area contributed by atoms with Crippen LogP contribution in [-0.2, 0) is 5.41 Å². The lowest BCUT2D eigenvalue weighted by Gasteiger charge is -2.52. The van der Waals surface area contributed by atoms with Crippen LogP contribution in [0.4, 0.5) is 5.69 Å². The van der Waals surface area contributed by atoms with Crippen LogP contribution < -0.4 is 10.1 Å². The second-order valence-corrected chi connectivity index (χ2v) is 10.3. The minimum absolute atomic E-state index is 0.0245. The molecule has 1 spiro atoms. The van der Waals surface area contributed by atoms with E-state index in [1.54, 1.807) is 0 Å². The number of anilines is 1. The minimum atomic E-state index is -0.289. The molecule has 1 fully saturated rings. The summed E-state index contributed by atoms with van der Waals surface area (Å²) in [5, 5.41) is 4.00. The fraction of sp³-hybridized carbons (Fsp3) is 0.273. The van der Waals surface area contributed by atoms with Crippen molar-refractivity contribution in [3.8, 4) is 5.75 Å². The summed E-state index contributed by atoms with van der Waals surface area (Å²) in [4.78, 5) is 0. The van der Waals surface area contributed by atoms with Crippen molar-refractivity contribution in [3.63, 3.8) is 0 Å². The van der Waals surface area contributed by atoms with Crippen LogP contribution in [0, 0.1) is 19.3 Å². The molecule has 1 aliphatic carbocycles. The number of nitrogens with one attached hydrogen (secondary N) is 1. The molecule has 6 rings (SSSR count). The highest BCUT2D eigenvalue weighted by Crippen LogP contribution is 2.73. The molecule has 1 aliphatic heterocycles. The molecule has 1 saturated carbocycles. The summed E-state index contributed by atoms with van der Waals surface area (Å²) in [5.41, 5.74) is 8.90. The SMILES string of the molecule is CCOc1ccc2c(c1)C(c1ccc(C)cc1)(c1ccc(C)cc1)C1(CC1)C(c1ccccc1)N2. The number of hydrogen-bond acceptors (Lipinski definition) is 2. The molecule has 1 N–H and O–H groups in total. The monoisotopic (exact) mass is 459 g/mol. The average molecular weight is 460 g/mol. The van der Waals surface area contributed by atoms with Crippen molar-refractivity contribution in [1.29, 1.82) is 0 Å². The van der Waals surface area contributed by atoms with E-state index in [2.05, 4.69) is 123 Å². The van der Waals surface area contributed by atoms with Crippen LogP contribution in [0.15, 0.2) is 97.1 Å². The third kappa shape index (κ3) is 3.31. The van der Waals surface area contributed by atoms with E-state index in [1.807, 2.05) is 0 Å². The number of ether oxygens (including phenoxy) is 1. The van der Waals surface area contributed by atoms with Gasteiger partial charge >= 0.3 is 0 Å². The second-order valence-electron chi connectivity index (χ2n) is 10.3. The number of fused-ring (bicyclic) bond motifs is 1. The van der Waals surface area contributed by atoms with E-state index in [-0.39, 0.29) is 16.9 Å². The van der Waals surface area contributed by atoms with Gasteiger partial charge in [-0.15, -0.1) is 0 Å². The van der Waals surface area contributed by atoms with Gasteiger partial charge in [-0.3, -0.25) is 0 Å². The molecule has 2 heteroatoms. The van der Waals surface area contributed by atoms with Crippen molar-refractivity contribution in [3.05, 3.63) is 130 Å². The van der Waals surface area contributed by atoms with Gasteiger partial charge in [-0.05, 0) is 74.1 Å². The standard InChI is InChI=1S/C33H33NO/c1-4-35-28-18-19-30-29(22-28)33(26-14-10-23(2)11-15-26,27-16-12-24(3)13-17-27)32(20-21-32)31(34-30)25-8-6-5-7-9-25/h5-19,22,31,34H,4,20-21H2,1-3H3. The lowest BCUT2D eigenvalue weighted by atomic mass is 9.54. The Morgan fingerprint density at radius 2 is 1.37 bits per heavy atom. The van der Waals surface area contributed by atoms with Gasteiger partial charge in [0.2, 0.25) is 0 Å². The maximum absolute atomic E-state index is 6.05. The summed E-state index contributed by atoms with van der Waals surface area (Å²) in [6.45, 7) is 7.06. The largest absolute Gasteiger partial charge is 0.494 e. The molecule has 2 aliphatic rings. The number of aryl methyl sites for hydroxylation is 2. The molecule has 1 heterocycles. The Morgan fingerprint density at radius 1 is 0.771 bits per heavy atom. The predicted octanol–water partition coefficient (Wildman–Crippen LogP) is 7.98. The first kappa shape index (κ1) is 22.0. The maximum Gasteiger partial charge on any atom is 0.119 e. The van der Waals surface area contributed by atoms with Crippen molar-refractivity contribution < 1.29 is 4.74 Å². The Labute approximate surface area is 209 Å². The summed E-state index contributed by atoms with van der Waals surface area (Å²) in [6.07, 6.45) is 2.33. The first-order chi connectivity index (χ1) is 17.1. The first-order valence-electron chi connectivity index (χ1n) is 12.8. The van der Waals surface area contributed by atoms with E-state index in [4.69, 9.17) is 4.74 Å². The Morgan fingerprint density at radius 3 is 1.91 bits per heavy atom. The molecule has 0 saturated heterocycles. The zero-order valence-corrected chi connectivity index (χ0v) is 20.8. The third-order valence-corrected chi connectivity index (χ3v) is 8.20. The fourth-order valence-corrected chi connectivity index (χ4v) is 6.50. The molecule has 0 aromatic heterocycles. The highest BCUT2D eigenvalue weighted by atomic mass is 16.5. The first-order valence-corrected chi connectivity index (χ1v) is 12.8. The van der Waals surface area contributed by atoms with Gasteiger partial charge in [0.05, 0.1) is 18.1 Å². The average Bonchev–Trinajstić information content (AvgIpc) is 3.68. The summed E-state index contributed by atoms with van der Waals surface area (Å²) >= 11 is 0. The third-order valence-electron chi connectivity index (χ3n) is 8.20. The second kappa shape index (κ2) is 8.30. The van der Waals surface area contributed by atoms with Gasteiger partial charge in [0.25, 0.3) is 0 Å². The van der Waals surface area contributed by atoms with Gasteiger partial charge in [-0.1, -0.05) is 90.0 Å². The zero-order valence-electron chi connectivity index (χ0n) is 20.8. The lowest BCUT2D eigenvalue weighted by molar-refractivity contribution is 0.283. The molecular weight excluding hydrogens is 426 g/mol. The summed E-state index contributed by atoms with van der Waals surface area (Å²) in [6, 6.07) is 36.4. The fourth-order valence-electron chi connectivity index (χ4n) is 6.50. The normalized spacial score (nSPS) is 19.0. The molecule has 1 unspecified atom stereocenters. The quantitative estimate of drug-likeness (QED) is 0.327. The van der Waals surface area contributed by atoms with Gasteiger partial charge < -0.3 is 10.1 Å². The van der Waals surface area contributed by atoms with Crippen LogP contribution in [0.5, 0.6) is 5.75 Å². The van der Waals surface area contributed by atoms with Crippen LogP contribution in [0.2, 0.25) is 0 Å². The molecule has 4 aromatic carbocycles. The van der Waals surface area contributed by atoms with E-state index < -0.39 is 0 Å². The lowest BCUT2D eigenvalue weighted by Crippen LogP contribution is -2.48. The zero-order chi connectivity index (χ0) is 24.0. The molecule has 0 amide bonds. The summed E-state index contributed by atoms with van der Waals surface area (Å²) in [7, 11) is 0. The number of benzene rings is 4. The molecule has 176 valence electrons. The van der Waals surface area contributed by atoms with Crippen molar-refractivity contribution >= 4 is 5.69 Å². The molecular formula is C33H33NO. The van der Waals surface area contributed by atoms with Crippen LogP contribution in [0.1, 0.15) is 59.2 Å². The predicted molar refractivity (Wildman–Crippen MR) is 144 cm³/mol. The van der Waals surface area contributed by atoms with Crippen LogP contribution in [-0.4, -0.2) is 6.61 Å². The van der Waals surface area contributed by atoms with Crippen molar-refractivity contribution in [1.82, 2.24) is 0 Å². The highest BCUT2D eigenvalue weighted by molar-refractivity contribution is 5.71. The molecule has 35 heavy (non-hydrogen) atoms. The van der Waals surface area contributed by atoms with Crippen LogP contribution in [0.3, 0.4) is 0 Å². The van der Waals surface area contributed by atoms with Crippen molar-refractivity contribution in [2.75, 3.05) is 11.9 Å². The van der Waals surface area contributed by atoms with Crippen LogP contribution in [0.25, 0.3) is 0 Å². The summed E-state index contributed by atoms with van der Waals surface area (Å²) < 4.78 is 6.05. The number of rotatable bonds is 5. The van der Waals surface area contributed by atoms with Gasteiger partial charge in [-0.2, -0.15) is 0 Å². The molecule has 1 atom stereocenters. The molecule has 0 radical (unpaired) electrons. The van der Waals surface area contributed by atoms with Gasteiger partial charge in [0.15, 0.2) is 0 Å². The van der Waals surface area contributed by atoms with Crippen LogP contribution >= 0.6 is 0 Å². The topological polar surface area (TPSA) is 21.3 Å². The Hall–Kier alpha value is -3.52. The van der Waals surface area contributed by atoms with Gasteiger partial charge in [0.1, 0.15) is 5.75 Å². The van der Waals surface area contributed by atoms with Gasteiger partial charge in [0, 0.05) is 11.1 Å². The van der Waals surface area contributed by atoms with E-state index >= 15 is 0 Å². The molecule has 0 bridgehead atoms. The number of hydrogen-bond donors (Lipinski definition) is 1. The van der Waals surface area contributed by atoms with Crippen molar-refractivity contribution in [2.45, 2.75) is 45.1 Å². The maximum atomic E-state index is 6.05. The smallest absolute Gasteiger partial charge is 0.119 e. The van der Waals surface area contributed by atoms with Crippen molar-refractivity contribution in [2.24, 2.45) is 5.41 Å². The molecule has 2 nitrogen and oxygen atoms in total. The Kier molecular flexibility index (Phi) is 5.21. The Balaban J connectivity index is 1.71. The van der Waals surface area contributed by atoms with E-state index in [9.17, 15) is 0 Å². The highest BCUT2D eigenvalue weighted by Gasteiger charge is 2.68.